The van der Waals surface area contributed by atoms with Crippen molar-refractivity contribution >= 4 is 12.2 Å². The SMILES string of the molecule is CC(C)CN1CCN(Cn2nc(-c3ccccc3)n(-c3ccc(F)cc3F)c2=S)CC1. The number of rotatable bonds is 6. The van der Waals surface area contributed by atoms with Crippen LogP contribution in [0.5, 0.6) is 0 Å². The van der Waals surface area contributed by atoms with Gasteiger partial charge in [-0.3, -0.25) is 9.47 Å². The van der Waals surface area contributed by atoms with Crippen LogP contribution in [0.4, 0.5) is 8.78 Å². The molecule has 2 aromatic carbocycles. The number of aromatic nitrogens is 3. The van der Waals surface area contributed by atoms with Crippen LogP contribution in [0.3, 0.4) is 0 Å². The molecule has 0 N–H and O–H groups in total. The Morgan fingerprint density at radius 3 is 2.29 bits per heavy atom. The summed E-state index contributed by atoms with van der Waals surface area (Å²) in [7, 11) is 0. The second-order valence-corrected chi connectivity index (χ2v) is 8.72. The summed E-state index contributed by atoms with van der Waals surface area (Å²) in [4.78, 5) is 4.78. The average Bonchev–Trinajstić information content (AvgIpc) is 3.06. The van der Waals surface area contributed by atoms with Crippen molar-refractivity contribution in [3.05, 3.63) is 64.9 Å². The lowest BCUT2D eigenvalue weighted by molar-refractivity contribution is 0.0951. The molecule has 31 heavy (non-hydrogen) atoms. The molecule has 0 bridgehead atoms. The lowest BCUT2D eigenvalue weighted by Crippen LogP contribution is -2.47. The Hall–Kier alpha value is -2.42. The zero-order valence-corrected chi connectivity index (χ0v) is 18.7. The van der Waals surface area contributed by atoms with Crippen LogP contribution in [0.25, 0.3) is 17.1 Å². The van der Waals surface area contributed by atoms with E-state index in [1.807, 2.05) is 30.3 Å². The Balaban J connectivity index is 1.66. The zero-order chi connectivity index (χ0) is 22.0. The second kappa shape index (κ2) is 9.38. The minimum absolute atomic E-state index is 0.193. The van der Waals surface area contributed by atoms with Crippen LogP contribution in [0.2, 0.25) is 0 Å². The molecule has 1 aromatic heterocycles. The van der Waals surface area contributed by atoms with Crippen LogP contribution in [0, 0.1) is 22.3 Å². The summed E-state index contributed by atoms with van der Waals surface area (Å²) in [5, 5.41) is 4.74. The molecule has 1 saturated heterocycles. The second-order valence-electron chi connectivity index (χ2n) is 8.36. The fraction of sp³-hybridized carbons (Fsp3) is 0.391. The molecule has 5 nitrogen and oxygen atoms in total. The smallest absolute Gasteiger partial charge is 0.204 e. The molecule has 1 aliphatic heterocycles. The highest BCUT2D eigenvalue weighted by Gasteiger charge is 2.21. The number of hydrogen-bond acceptors (Lipinski definition) is 4. The zero-order valence-electron chi connectivity index (χ0n) is 17.8. The third-order valence-electron chi connectivity index (χ3n) is 5.44. The molecule has 0 unspecified atom stereocenters. The molecule has 8 heteroatoms. The van der Waals surface area contributed by atoms with Crippen molar-refractivity contribution in [3.8, 4) is 17.1 Å². The molecule has 0 aliphatic carbocycles. The first-order valence-corrected chi connectivity index (χ1v) is 11.0. The van der Waals surface area contributed by atoms with Crippen LogP contribution < -0.4 is 0 Å². The highest BCUT2D eigenvalue weighted by atomic mass is 32.1. The average molecular weight is 444 g/mol. The van der Waals surface area contributed by atoms with Crippen molar-refractivity contribution in [3.63, 3.8) is 0 Å². The number of hydrogen-bond donors (Lipinski definition) is 0. The van der Waals surface area contributed by atoms with Crippen molar-refractivity contribution in [1.82, 2.24) is 24.1 Å². The number of piperazine rings is 1. The number of nitrogens with zero attached hydrogens (tertiary/aromatic N) is 5. The lowest BCUT2D eigenvalue weighted by Gasteiger charge is -2.35. The molecule has 1 aliphatic rings. The minimum atomic E-state index is -0.671. The van der Waals surface area contributed by atoms with Gasteiger partial charge in [-0.2, -0.15) is 0 Å². The van der Waals surface area contributed by atoms with Gasteiger partial charge in [-0.25, -0.2) is 13.5 Å². The van der Waals surface area contributed by atoms with Gasteiger partial charge in [0.1, 0.15) is 11.6 Å². The van der Waals surface area contributed by atoms with Gasteiger partial charge >= 0.3 is 0 Å². The standard InChI is InChI=1S/C23H27F2N5S/c1-17(2)15-27-10-12-28(13-11-27)16-29-23(31)30(21-9-8-19(24)14-20(21)25)22(26-29)18-6-4-3-5-7-18/h3-9,14,17H,10-13,15-16H2,1-2H3. The van der Waals surface area contributed by atoms with E-state index < -0.39 is 11.6 Å². The van der Waals surface area contributed by atoms with Crippen LogP contribution in [-0.4, -0.2) is 56.9 Å². The van der Waals surface area contributed by atoms with Gasteiger partial charge in [0.15, 0.2) is 5.82 Å². The monoisotopic (exact) mass is 443 g/mol. The maximum Gasteiger partial charge on any atom is 0.204 e. The van der Waals surface area contributed by atoms with Crippen molar-refractivity contribution in [2.45, 2.75) is 20.5 Å². The predicted molar refractivity (Wildman–Crippen MR) is 121 cm³/mol. The summed E-state index contributed by atoms with van der Waals surface area (Å²) >= 11 is 5.70. The summed E-state index contributed by atoms with van der Waals surface area (Å²) < 4.78 is 31.9. The molecule has 0 radical (unpaired) electrons. The van der Waals surface area contributed by atoms with Gasteiger partial charge in [-0.1, -0.05) is 44.2 Å². The molecule has 164 valence electrons. The van der Waals surface area contributed by atoms with E-state index in [9.17, 15) is 8.78 Å². The molecule has 3 aromatic rings. The largest absolute Gasteiger partial charge is 0.301 e. The molecular formula is C23H27F2N5S. The Labute approximate surface area is 186 Å². The third-order valence-corrected chi connectivity index (χ3v) is 5.84. The maximum atomic E-state index is 14.7. The molecule has 1 fully saturated rings. The first-order chi connectivity index (χ1) is 14.9. The van der Waals surface area contributed by atoms with Crippen LogP contribution in [0.1, 0.15) is 13.8 Å². The Kier molecular flexibility index (Phi) is 6.60. The normalized spacial score (nSPS) is 15.6. The third kappa shape index (κ3) is 4.92. The highest BCUT2D eigenvalue weighted by Crippen LogP contribution is 2.25. The Bertz CT molecular complexity index is 1090. The lowest BCUT2D eigenvalue weighted by atomic mass is 10.2. The maximum absolute atomic E-state index is 14.7. The summed E-state index contributed by atoms with van der Waals surface area (Å²) in [5.41, 5.74) is 1.01. The Morgan fingerprint density at radius 2 is 1.65 bits per heavy atom. The molecule has 2 heterocycles. The molecule has 0 saturated carbocycles. The fourth-order valence-corrected chi connectivity index (χ4v) is 4.26. The van der Waals surface area contributed by atoms with Gasteiger partial charge in [-0.05, 0) is 30.3 Å². The predicted octanol–water partition coefficient (Wildman–Crippen LogP) is 4.58. The topological polar surface area (TPSA) is 29.2 Å². The molecular weight excluding hydrogens is 416 g/mol. The van der Waals surface area contributed by atoms with Crippen molar-refractivity contribution < 1.29 is 8.78 Å². The van der Waals surface area contributed by atoms with Crippen LogP contribution >= 0.6 is 12.2 Å². The molecule has 0 atom stereocenters. The first-order valence-electron chi connectivity index (χ1n) is 10.6. The van der Waals surface area contributed by atoms with Gasteiger partial charge in [0, 0.05) is 44.4 Å². The highest BCUT2D eigenvalue weighted by molar-refractivity contribution is 7.71. The Morgan fingerprint density at radius 1 is 0.968 bits per heavy atom. The van der Waals surface area contributed by atoms with E-state index >= 15 is 0 Å². The molecule has 0 amide bonds. The van der Waals surface area contributed by atoms with Crippen LogP contribution in [0.15, 0.2) is 48.5 Å². The van der Waals surface area contributed by atoms with E-state index in [2.05, 4.69) is 23.6 Å². The van der Waals surface area contributed by atoms with Crippen LogP contribution in [-0.2, 0) is 6.67 Å². The van der Waals surface area contributed by atoms with Gasteiger partial charge in [0.05, 0.1) is 12.4 Å². The van der Waals surface area contributed by atoms with Gasteiger partial charge in [-0.15, -0.1) is 5.10 Å². The van der Waals surface area contributed by atoms with Gasteiger partial charge in [0.25, 0.3) is 0 Å². The first kappa shape index (κ1) is 21.8. The van der Waals surface area contributed by atoms with E-state index in [4.69, 9.17) is 17.3 Å². The van der Waals surface area contributed by atoms with E-state index in [-0.39, 0.29) is 5.69 Å². The van der Waals surface area contributed by atoms with E-state index in [1.54, 1.807) is 9.25 Å². The minimum Gasteiger partial charge on any atom is -0.301 e. The molecule has 4 rings (SSSR count). The van der Waals surface area contributed by atoms with Crippen molar-refractivity contribution in [2.24, 2.45) is 5.92 Å². The fourth-order valence-electron chi connectivity index (χ4n) is 3.97. The summed E-state index contributed by atoms with van der Waals surface area (Å²) in [6.07, 6.45) is 0. The van der Waals surface area contributed by atoms with Crippen molar-refractivity contribution in [2.75, 3.05) is 32.7 Å². The van der Waals surface area contributed by atoms with E-state index in [0.29, 0.717) is 23.2 Å². The molecule has 0 spiro atoms. The number of benzene rings is 2. The summed E-state index contributed by atoms with van der Waals surface area (Å²) in [6.45, 7) is 9.96. The number of halogens is 2. The summed E-state index contributed by atoms with van der Waals surface area (Å²) in [6, 6.07) is 13.0. The van der Waals surface area contributed by atoms with Gasteiger partial charge < -0.3 is 4.90 Å². The van der Waals surface area contributed by atoms with Crippen molar-refractivity contribution in [1.29, 1.82) is 0 Å². The summed E-state index contributed by atoms with van der Waals surface area (Å²) in [5.74, 6) is -0.111. The quantitative estimate of drug-likeness (QED) is 0.522. The van der Waals surface area contributed by atoms with E-state index in [0.717, 1.165) is 44.4 Å². The van der Waals surface area contributed by atoms with Gasteiger partial charge in [0.2, 0.25) is 4.77 Å². The van der Waals surface area contributed by atoms with E-state index in [1.165, 1.54) is 12.1 Å².